The van der Waals surface area contributed by atoms with Crippen LogP contribution in [0.1, 0.15) is 34.5 Å². The molecule has 3 aromatic rings. The minimum absolute atomic E-state index is 0.116. The number of carbonyl (C=O) groups excluding carboxylic acids is 2. The van der Waals surface area contributed by atoms with Gasteiger partial charge in [0, 0.05) is 29.8 Å². The van der Waals surface area contributed by atoms with Crippen LogP contribution in [0.25, 0.3) is 6.08 Å². The first-order chi connectivity index (χ1) is 15.4. The zero-order chi connectivity index (χ0) is 22.6. The van der Waals surface area contributed by atoms with Crippen molar-refractivity contribution in [3.05, 3.63) is 101 Å². The molecule has 164 valence electrons. The number of benzene rings is 2. The molecule has 0 bridgehead atoms. The lowest BCUT2D eigenvalue weighted by Crippen LogP contribution is -2.47. The second kappa shape index (κ2) is 9.42. The number of rotatable bonds is 5. The monoisotopic (exact) mass is 450 g/mol. The van der Waals surface area contributed by atoms with E-state index in [-0.39, 0.29) is 17.5 Å². The van der Waals surface area contributed by atoms with Crippen molar-refractivity contribution in [2.75, 3.05) is 13.1 Å². The number of amides is 2. The molecule has 7 heteroatoms. The van der Waals surface area contributed by atoms with Crippen LogP contribution in [0.15, 0.2) is 83.1 Å². The van der Waals surface area contributed by atoms with E-state index in [1.807, 2.05) is 18.2 Å². The van der Waals surface area contributed by atoms with Gasteiger partial charge in [-0.05, 0) is 54.8 Å². The number of furan rings is 1. The molecule has 0 unspecified atom stereocenters. The summed E-state index contributed by atoms with van der Waals surface area (Å²) in [6, 6.07) is 19.2. The maximum atomic E-state index is 13.3. The molecule has 0 radical (unpaired) electrons. The van der Waals surface area contributed by atoms with E-state index in [0.717, 1.165) is 5.56 Å². The maximum absolute atomic E-state index is 13.3. The molecule has 1 aliphatic rings. The lowest BCUT2D eigenvalue weighted by Gasteiger charge is -2.38. The zero-order valence-electron chi connectivity index (χ0n) is 17.3. The summed E-state index contributed by atoms with van der Waals surface area (Å²) >= 11 is 5.96. The normalized spacial score (nSPS) is 15.9. The van der Waals surface area contributed by atoms with Crippen LogP contribution in [0.2, 0.25) is 5.02 Å². The molecular formula is C25H23ClN2O4. The first kappa shape index (κ1) is 21.9. The molecule has 1 fully saturated rings. The van der Waals surface area contributed by atoms with E-state index in [0.29, 0.717) is 42.3 Å². The van der Waals surface area contributed by atoms with Crippen LogP contribution in [0.4, 0.5) is 0 Å². The van der Waals surface area contributed by atoms with Gasteiger partial charge < -0.3 is 19.7 Å². The van der Waals surface area contributed by atoms with E-state index in [9.17, 15) is 14.7 Å². The van der Waals surface area contributed by atoms with Gasteiger partial charge in [-0.3, -0.25) is 9.59 Å². The van der Waals surface area contributed by atoms with Gasteiger partial charge in [-0.1, -0.05) is 41.9 Å². The molecule has 2 heterocycles. The van der Waals surface area contributed by atoms with Crippen LogP contribution in [0, 0.1) is 0 Å². The average Bonchev–Trinajstić information content (AvgIpc) is 3.33. The van der Waals surface area contributed by atoms with Gasteiger partial charge in [-0.2, -0.15) is 0 Å². The van der Waals surface area contributed by atoms with E-state index in [1.165, 1.54) is 12.3 Å². The van der Waals surface area contributed by atoms with Crippen molar-refractivity contribution in [3.63, 3.8) is 0 Å². The summed E-state index contributed by atoms with van der Waals surface area (Å²) in [5, 5.41) is 14.4. The van der Waals surface area contributed by atoms with Crippen molar-refractivity contribution in [2.45, 2.75) is 18.4 Å². The minimum atomic E-state index is -1.03. The molecule has 0 aliphatic carbocycles. The SMILES string of the molecule is O=C(N/C(=C\c1ccco1)C(=O)N1CCC(O)(c2ccc(Cl)cc2)CC1)c1ccccc1. The molecule has 4 rings (SSSR count). The summed E-state index contributed by atoms with van der Waals surface area (Å²) in [5.41, 5.74) is 0.310. The van der Waals surface area contributed by atoms with E-state index < -0.39 is 5.60 Å². The van der Waals surface area contributed by atoms with Crippen molar-refractivity contribution in [3.8, 4) is 0 Å². The summed E-state index contributed by atoms with van der Waals surface area (Å²) in [7, 11) is 0. The predicted octanol–water partition coefficient (Wildman–Crippen LogP) is 4.21. The molecule has 2 amide bonds. The van der Waals surface area contributed by atoms with Crippen LogP contribution in [0.5, 0.6) is 0 Å². The Hall–Kier alpha value is -3.35. The molecule has 0 atom stereocenters. The summed E-state index contributed by atoms with van der Waals surface area (Å²) in [5.74, 6) is -0.258. The largest absolute Gasteiger partial charge is 0.465 e. The topological polar surface area (TPSA) is 82.8 Å². The Balaban J connectivity index is 1.50. The second-order valence-electron chi connectivity index (χ2n) is 7.72. The molecule has 1 aromatic heterocycles. The van der Waals surface area contributed by atoms with E-state index in [1.54, 1.807) is 53.4 Å². The van der Waals surface area contributed by atoms with E-state index >= 15 is 0 Å². The number of nitrogens with zero attached hydrogens (tertiary/aromatic N) is 1. The smallest absolute Gasteiger partial charge is 0.270 e. The van der Waals surface area contributed by atoms with E-state index in [2.05, 4.69) is 5.32 Å². The fraction of sp³-hybridized carbons (Fsp3) is 0.200. The Labute approximate surface area is 191 Å². The lowest BCUT2D eigenvalue weighted by atomic mass is 9.84. The Morgan fingerprint density at radius 1 is 1.00 bits per heavy atom. The van der Waals surface area contributed by atoms with Crippen LogP contribution in [0.3, 0.4) is 0 Å². The quantitative estimate of drug-likeness (QED) is 0.570. The van der Waals surface area contributed by atoms with Crippen LogP contribution >= 0.6 is 11.6 Å². The van der Waals surface area contributed by atoms with E-state index in [4.69, 9.17) is 16.0 Å². The number of hydrogen-bond donors (Lipinski definition) is 2. The Bertz CT molecular complexity index is 1100. The molecule has 2 aromatic carbocycles. The fourth-order valence-electron chi connectivity index (χ4n) is 3.75. The summed E-state index contributed by atoms with van der Waals surface area (Å²) in [4.78, 5) is 27.6. The highest BCUT2D eigenvalue weighted by molar-refractivity contribution is 6.30. The van der Waals surface area contributed by atoms with Crippen LogP contribution in [-0.2, 0) is 10.4 Å². The summed E-state index contributed by atoms with van der Waals surface area (Å²) in [6.07, 6.45) is 3.77. The predicted molar refractivity (Wildman–Crippen MR) is 122 cm³/mol. The number of piperidine rings is 1. The molecule has 1 saturated heterocycles. The highest BCUT2D eigenvalue weighted by Gasteiger charge is 2.36. The van der Waals surface area contributed by atoms with Gasteiger partial charge in [0.05, 0.1) is 11.9 Å². The van der Waals surface area contributed by atoms with Crippen molar-refractivity contribution in [1.29, 1.82) is 0 Å². The van der Waals surface area contributed by atoms with Gasteiger partial charge in [0.15, 0.2) is 0 Å². The average molecular weight is 451 g/mol. The third kappa shape index (κ3) is 4.93. The van der Waals surface area contributed by atoms with Gasteiger partial charge in [0.1, 0.15) is 11.5 Å². The second-order valence-corrected chi connectivity index (χ2v) is 8.16. The molecule has 2 N–H and O–H groups in total. The third-order valence-corrected chi connectivity index (χ3v) is 5.86. The van der Waals surface area contributed by atoms with Crippen molar-refractivity contribution < 1.29 is 19.1 Å². The molecule has 0 spiro atoms. The van der Waals surface area contributed by atoms with Crippen molar-refractivity contribution in [2.24, 2.45) is 0 Å². The highest BCUT2D eigenvalue weighted by atomic mass is 35.5. The Kier molecular flexibility index (Phi) is 6.44. The molecular weight excluding hydrogens is 428 g/mol. The number of aliphatic hydroxyl groups is 1. The molecule has 0 saturated carbocycles. The fourth-order valence-corrected chi connectivity index (χ4v) is 3.88. The van der Waals surface area contributed by atoms with Gasteiger partial charge in [-0.15, -0.1) is 0 Å². The van der Waals surface area contributed by atoms with Crippen LogP contribution in [-0.4, -0.2) is 34.9 Å². The Morgan fingerprint density at radius 2 is 1.69 bits per heavy atom. The first-order valence-corrected chi connectivity index (χ1v) is 10.7. The summed E-state index contributed by atoms with van der Waals surface area (Å²) < 4.78 is 5.34. The number of likely N-dealkylation sites (tertiary alicyclic amines) is 1. The minimum Gasteiger partial charge on any atom is -0.465 e. The number of hydrogen-bond acceptors (Lipinski definition) is 4. The van der Waals surface area contributed by atoms with Gasteiger partial charge >= 0.3 is 0 Å². The molecule has 6 nitrogen and oxygen atoms in total. The summed E-state index contributed by atoms with van der Waals surface area (Å²) in [6.45, 7) is 0.684. The van der Waals surface area contributed by atoms with Gasteiger partial charge in [0.2, 0.25) is 0 Å². The number of carbonyl (C=O) groups is 2. The van der Waals surface area contributed by atoms with Gasteiger partial charge in [-0.25, -0.2) is 0 Å². The molecule has 32 heavy (non-hydrogen) atoms. The lowest BCUT2D eigenvalue weighted by molar-refractivity contribution is -0.131. The van der Waals surface area contributed by atoms with Crippen molar-refractivity contribution in [1.82, 2.24) is 10.2 Å². The standard InChI is InChI=1S/C25H23ClN2O4/c26-20-10-8-19(9-11-20)25(31)12-14-28(15-13-25)24(30)22(17-21-7-4-16-32-21)27-23(29)18-5-2-1-3-6-18/h1-11,16-17,31H,12-15H2,(H,27,29)/b22-17-. The Morgan fingerprint density at radius 3 is 2.31 bits per heavy atom. The number of nitrogens with one attached hydrogen (secondary N) is 1. The maximum Gasteiger partial charge on any atom is 0.270 e. The van der Waals surface area contributed by atoms with Gasteiger partial charge in [0.25, 0.3) is 11.8 Å². The molecule has 1 aliphatic heterocycles. The highest BCUT2D eigenvalue weighted by Crippen LogP contribution is 2.33. The number of halogens is 1. The van der Waals surface area contributed by atoms with Crippen LogP contribution < -0.4 is 5.32 Å². The third-order valence-electron chi connectivity index (χ3n) is 5.60. The zero-order valence-corrected chi connectivity index (χ0v) is 18.1. The van der Waals surface area contributed by atoms with Crippen molar-refractivity contribution >= 4 is 29.5 Å². The first-order valence-electron chi connectivity index (χ1n) is 10.3.